The summed E-state index contributed by atoms with van der Waals surface area (Å²) in [5, 5.41) is 9.09. The van der Waals surface area contributed by atoms with Gasteiger partial charge in [-0.2, -0.15) is 10.2 Å². The summed E-state index contributed by atoms with van der Waals surface area (Å²) in [5.74, 6) is 1.78. The maximum Gasteiger partial charge on any atom is 0.253 e. The first-order chi connectivity index (χ1) is 14.0. The topological polar surface area (TPSA) is 84.7 Å². The van der Waals surface area contributed by atoms with E-state index in [9.17, 15) is 4.79 Å². The average molecular weight is 389 g/mol. The van der Waals surface area contributed by atoms with E-state index >= 15 is 0 Å². The summed E-state index contributed by atoms with van der Waals surface area (Å²) < 4.78 is 16.8. The van der Waals surface area contributed by atoms with Gasteiger partial charge in [0.15, 0.2) is 11.5 Å². The number of nitrogens with zero attached hydrogens (tertiary/aromatic N) is 3. The minimum Gasteiger partial charge on any atom is -0.493 e. The molecule has 0 radical (unpaired) electrons. The first-order valence-corrected chi connectivity index (χ1v) is 8.73. The second-order valence-corrected chi connectivity index (χ2v) is 6.22. The van der Waals surface area contributed by atoms with Gasteiger partial charge in [-0.25, -0.2) is 0 Å². The molecule has 0 aliphatic heterocycles. The molecule has 0 atom stereocenters. The summed E-state index contributed by atoms with van der Waals surface area (Å²) in [5.41, 5.74) is 0.952. The number of hydrogen-bond acceptors (Lipinski definition) is 6. The lowest BCUT2D eigenvalue weighted by Crippen LogP contribution is -2.21. The number of ether oxygens (including phenoxy) is 3. The van der Waals surface area contributed by atoms with Crippen molar-refractivity contribution in [1.82, 2.24) is 9.88 Å². The number of hydrogen-bond donors (Lipinski definition) is 0. The maximum atomic E-state index is 12.1. The van der Waals surface area contributed by atoms with Gasteiger partial charge in [0.2, 0.25) is 11.8 Å². The zero-order valence-electron chi connectivity index (χ0n) is 16.2. The molecule has 0 aliphatic rings. The molecule has 3 aromatic rings. The molecule has 1 heterocycles. The van der Waals surface area contributed by atoms with Crippen LogP contribution in [0.5, 0.6) is 29.0 Å². The fraction of sp³-hybridized carbons (Fsp3) is 0.136. The van der Waals surface area contributed by atoms with Gasteiger partial charge in [-0.1, -0.05) is 12.1 Å². The molecule has 0 bridgehead atoms. The molecule has 1 amide bonds. The third-order valence-corrected chi connectivity index (χ3v) is 3.91. The Hall–Kier alpha value is -4.05. The quantitative estimate of drug-likeness (QED) is 0.627. The third-order valence-electron chi connectivity index (χ3n) is 3.91. The van der Waals surface area contributed by atoms with Crippen LogP contribution in [0.3, 0.4) is 0 Å². The number of benzene rings is 2. The first kappa shape index (κ1) is 19.7. The Balaban J connectivity index is 1.82. The van der Waals surface area contributed by atoms with Crippen LogP contribution in [0.15, 0.2) is 60.7 Å². The molecule has 146 valence electrons. The third kappa shape index (κ3) is 4.82. The summed E-state index contributed by atoms with van der Waals surface area (Å²) in [4.78, 5) is 17.9. The fourth-order valence-electron chi connectivity index (χ4n) is 2.52. The van der Waals surface area contributed by atoms with Gasteiger partial charge < -0.3 is 19.1 Å². The van der Waals surface area contributed by atoms with Gasteiger partial charge in [0.25, 0.3) is 5.91 Å². The van der Waals surface area contributed by atoms with Crippen molar-refractivity contribution >= 4 is 5.91 Å². The van der Waals surface area contributed by atoms with Crippen LogP contribution in [0.1, 0.15) is 15.9 Å². The highest BCUT2D eigenvalue weighted by Gasteiger charge is 2.11. The summed E-state index contributed by atoms with van der Waals surface area (Å²) in [6.45, 7) is 0. The fourth-order valence-corrected chi connectivity index (χ4v) is 2.52. The van der Waals surface area contributed by atoms with Gasteiger partial charge in [-0.15, -0.1) is 0 Å². The molecule has 0 unspecified atom stereocenters. The lowest BCUT2D eigenvalue weighted by molar-refractivity contribution is 0.0827. The van der Waals surface area contributed by atoms with Gasteiger partial charge in [0.1, 0.15) is 5.75 Å². The van der Waals surface area contributed by atoms with E-state index < -0.39 is 0 Å². The van der Waals surface area contributed by atoms with Crippen LogP contribution < -0.4 is 14.2 Å². The number of methoxy groups -OCH3 is 1. The average Bonchev–Trinajstić information content (AvgIpc) is 2.73. The Kier molecular flexibility index (Phi) is 5.95. The SMILES string of the molecule is COc1ccc(C#N)cc1Oc1cccc(Oc2cccc(C(=O)N(C)C)c2)n1. The summed E-state index contributed by atoms with van der Waals surface area (Å²) in [6, 6.07) is 18.8. The summed E-state index contributed by atoms with van der Waals surface area (Å²) >= 11 is 0. The smallest absolute Gasteiger partial charge is 0.253 e. The number of rotatable bonds is 6. The van der Waals surface area contributed by atoms with Crippen LogP contribution in [0.2, 0.25) is 0 Å². The molecule has 0 spiro atoms. The van der Waals surface area contributed by atoms with Crippen molar-refractivity contribution in [1.29, 1.82) is 5.26 Å². The van der Waals surface area contributed by atoms with Crippen molar-refractivity contribution in [3.8, 4) is 35.1 Å². The van der Waals surface area contributed by atoms with Crippen LogP contribution in [-0.2, 0) is 0 Å². The van der Waals surface area contributed by atoms with Crippen molar-refractivity contribution in [2.45, 2.75) is 0 Å². The molecular formula is C22H19N3O4. The minimum atomic E-state index is -0.120. The van der Waals surface area contributed by atoms with Gasteiger partial charge in [0, 0.05) is 37.9 Å². The van der Waals surface area contributed by atoms with Crippen LogP contribution >= 0.6 is 0 Å². The normalized spacial score (nSPS) is 10.0. The molecule has 0 saturated carbocycles. The van der Waals surface area contributed by atoms with Gasteiger partial charge in [0.05, 0.1) is 18.7 Å². The molecule has 2 aromatic carbocycles. The number of pyridine rings is 1. The van der Waals surface area contributed by atoms with E-state index in [4.69, 9.17) is 19.5 Å². The first-order valence-electron chi connectivity index (χ1n) is 8.73. The van der Waals surface area contributed by atoms with E-state index in [1.807, 2.05) is 0 Å². The van der Waals surface area contributed by atoms with E-state index in [0.29, 0.717) is 34.3 Å². The number of aromatic nitrogens is 1. The second kappa shape index (κ2) is 8.76. The zero-order chi connectivity index (χ0) is 20.8. The highest BCUT2D eigenvalue weighted by molar-refractivity contribution is 5.94. The monoisotopic (exact) mass is 389 g/mol. The van der Waals surface area contributed by atoms with Crippen molar-refractivity contribution in [2.75, 3.05) is 21.2 Å². The van der Waals surface area contributed by atoms with E-state index in [2.05, 4.69) is 11.1 Å². The predicted molar refractivity (Wildman–Crippen MR) is 107 cm³/mol. The Morgan fingerprint density at radius 1 is 0.966 bits per heavy atom. The molecule has 0 fully saturated rings. The Labute approximate surface area is 168 Å². The lowest BCUT2D eigenvalue weighted by atomic mass is 10.2. The molecule has 29 heavy (non-hydrogen) atoms. The maximum absolute atomic E-state index is 12.1. The van der Waals surface area contributed by atoms with Gasteiger partial charge in [-0.05, 0) is 30.3 Å². The molecule has 3 rings (SSSR count). The molecule has 7 nitrogen and oxygen atoms in total. The molecule has 1 aromatic heterocycles. The molecule has 0 aliphatic carbocycles. The van der Waals surface area contributed by atoms with Crippen LogP contribution in [0.4, 0.5) is 0 Å². The largest absolute Gasteiger partial charge is 0.493 e. The Morgan fingerprint density at radius 3 is 2.38 bits per heavy atom. The number of amides is 1. The van der Waals surface area contributed by atoms with Crippen LogP contribution in [0.25, 0.3) is 0 Å². The van der Waals surface area contributed by atoms with Crippen LogP contribution in [0, 0.1) is 11.3 Å². The van der Waals surface area contributed by atoms with Crippen molar-refractivity contribution < 1.29 is 19.0 Å². The van der Waals surface area contributed by atoms with Gasteiger partial charge in [-0.3, -0.25) is 4.79 Å². The molecule has 0 saturated heterocycles. The molecule has 0 N–H and O–H groups in total. The summed E-state index contributed by atoms with van der Waals surface area (Å²) in [7, 11) is 4.89. The number of carbonyl (C=O) groups is 1. The lowest BCUT2D eigenvalue weighted by Gasteiger charge is -2.12. The number of carbonyl (C=O) groups excluding carboxylic acids is 1. The van der Waals surface area contributed by atoms with Gasteiger partial charge >= 0.3 is 0 Å². The standard InChI is InChI=1S/C22H19N3O4/c1-25(2)22(26)16-6-4-7-17(13-16)28-20-8-5-9-21(24-20)29-19-12-15(14-23)10-11-18(19)27-3/h4-13H,1-3H3. The van der Waals surface area contributed by atoms with Crippen molar-refractivity contribution in [3.05, 3.63) is 71.8 Å². The molecule has 7 heteroatoms. The van der Waals surface area contributed by atoms with Crippen LogP contribution in [-0.4, -0.2) is 37.0 Å². The highest BCUT2D eigenvalue weighted by Crippen LogP contribution is 2.32. The van der Waals surface area contributed by atoms with E-state index in [-0.39, 0.29) is 11.8 Å². The number of nitriles is 1. The Morgan fingerprint density at radius 2 is 1.69 bits per heavy atom. The van der Waals surface area contributed by atoms with Crippen molar-refractivity contribution in [3.63, 3.8) is 0 Å². The highest BCUT2D eigenvalue weighted by atomic mass is 16.5. The zero-order valence-corrected chi connectivity index (χ0v) is 16.2. The van der Waals surface area contributed by atoms with E-state index in [1.165, 1.54) is 12.0 Å². The van der Waals surface area contributed by atoms with E-state index in [1.54, 1.807) is 74.8 Å². The second-order valence-electron chi connectivity index (χ2n) is 6.22. The summed E-state index contributed by atoms with van der Waals surface area (Å²) in [6.07, 6.45) is 0. The minimum absolute atomic E-state index is 0.120. The Bertz CT molecular complexity index is 1070. The predicted octanol–water partition coefficient (Wildman–Crippen LogP) is 4.25. The van der Waals surface area contributed by atoms with E-state index in [0.717, 1.165) is 0 Å². The molecular weight excluding hydrogens is 370 g/mol. The van der Waals surface area contributed by atoms with Crippen molar-refractivity contribution in [2.24, 2.45) is 0 Å².